The largest absolute Gasteiger partial charge is 0.381 e. The summed E-state index contributed by atoms with van der Waals surface area (Å²) in [6.45, 7) is 6.57. The molecule has 6 amide bonds. The molecule has 2 aromatic carbocycles. The Bertz CT molecular complexity index is 1970. The summed E-state index contributed by atoms with van der Waals surface area (Å²) in [5.74, 6) is -1.37. The van der Waals surface area contributed by atoms with Crippen LogP contribution in [0.4, 0.5) is 0 Å². The minimum Gasteiger partial charge on any atom is -0.381 e. The van der Waals surface area contributed by atoms with Gasteiger partial charge in [0.1, 0.15) is 24.2 Å². The first kappa shape index (κ1) is 47.6. The molecule has 0 aromatic heterocycles. The first-order valence-corrected chi connectivity index (χ1v) is 24.5. The lowest BCUT2D eigenvalue weighted by molar-refractivity contribution is -0.144. The monoisotopic (exact) mass is 911 g/mol. The van der Waals surface area contributed by atoms with Crippen LogP contribution in [-0.4, -0.2) is 135 Å². The fourth-order valence-corrected chi connectivity index (χ4v) is 11.3. The predicted molar refractivity (Wildman–Crippen MR) is 248 cm³/mol. The van der Waals surface area contributed by atoms with E-state index in [-0.39, 0.29) is 59.4 Å². The molecule has 16 nitrogen and oxygen atoms in total. The second kappa shape index (κ2) is 21.4. The predicted octanol–water partition coefficient (Wildman–Crippen LogP) is 2.58. The van der Waals surface area contributed by atoms with Gasteiger partial charge in [-0.05, 0) is 150 Å². The van der Waals surface area contributed by atoms with Crippen molar-refractivity contribution in [2.45, 2.75) is 139 Å². The second-order valence-corrected chi connectivity index (χ2v) is 19.2. The van der Waals surface area contributed by atoms with Crippen molar-refractivity contribution < 1.29 is 38.2 Å². The second-order valence-electron chi connectivity index (χ2n) is 19.2. The molecule has 0 radical (unpaired) electrons. The van der Waals surface area contributed by atoms with Crippen LogP contribution in [-0.2, 0) is 51.1 Å². The van der Waals surface area contributed by atoms with Crippen LogP contribution in [0, 0.1) is 11.8 Å². The summed E-state index contributed by atoms with van der Waals surface area (Å²) in [6.07, 6.45) is 8.23. The molecule has 0 saturated carbocycles. The van der Waals surface area contributed by atoms with Gasteiger partial charge in [-0.15, -0.1) is 0 Å². The van der Waals surface area contributed by atoms with Crippen molar-refractivity contribution in [2.24, 2.45) is 11.8 Å². The van der Waals surface area contributed by atoms with Gasteiger partial charge >= 0.3 is 0 Å². The van der Waals surface area contributed by atoms with Gasteiger partial charge in [-0.25, -0.2) is 0 Å². The highest BCUT2D eigenvalue weighted by molar-refractivity contribution is 5.95. The number of fused-ring (bicyclic) bond motifs is 2. The number of nitrogens with one attached hydrogen (secondary N) is 6. The minimum atomic E-state index is -0.726. The van der Waals surface area contributed by atoms with E-state index in [1.807, 2.05) is 12.1 Å². The third-order valence-corrected chi connectivity index (χ3v) is 15.4. The van der Waals surface area contributed by atoms with Gasteiger partial charge in [0.05, 0.1) is 24.2 Å². The number of carbonyl (C=O) groups is 6. The molecular weight excluding hydrogens is 841 g/mol. The van der Waals surface area contributed by atoms with E-state index in [0.29, 0.717) is 90.9 Å². The van der Waals surface area contributed by atoms with Crippen LogP contribution in [0.1, 0.15) is 112 Å². The average Bonchev–Trinajstić information content (AvgIpc) is 4.19. The molecule has 0 spiro atoms. The molecule has 2 aliphatic carbocycles. The topological polar surface area (TPSA) is 200 Å². The standard InChI is InChI=1S/C50H70N8O8/c1-29(51-3)45(59)55-43(31-19-25-65-26-20-31)49(63)57-23-7-13-41(57)47(61)53-39-17-15-35-33(9-5-11-37(35)39)34-10-6-12-38-36(34)16-18-40(38)54-48(62)42-14-8-24-58(42)50(64)44(32-21-27-66-28-22-32)56-46(60)30(2)52-4/h5-6,9-12,29-32,39-44,51-52H,7-8,13-28H2,1-4H3,(H,53,61)(H,54,62)(H,55,59)(H,56,60)/t29-,30-,39+,40+,41-,42-,43-,44?/m0/s1. The van der Waals surface area contributed by atoms with Crippen molar-refractivity contribution in [3.63, 3.8) is 0 Å². The zero-order valence-corrected chi connectivity index (χ0v) is 39.1. The molecule has 8 rings (SSSR count). The molecule has 6 N–H and O–H groups in total. The Morgan fingerprint density at radius 2 is 0.955 bits per heavy atom. The lowest BCUT2D eigenvalue weighted by atomic mass is 9.90. The zero-order chi connectivity index (χ0) is 46.5. The van der Waals surface area contributed by atoms with E-state index in [4.69, 9.17) is 9.47 Å². The molecule has 4 fully saturated rings. The fraction of sp³-hybridized carbons (Fsp3) is 0.640. The molecule has 358 valence electrons. The summed E-state index contributed by atoms with van der Waals surface area (Å²) in [7, 11) is 3.42. The number of hydrogen-bond donors (Lipinski definition) is 6. The summed E-state index contributed by atoms with van der Waals surface area (Å²) in [4.78, 5) is 86.4. The Labute approximate surface area is 388 Å². The lowest BCUT2D eigenvalue weighted by Crippen LogP contribution is -2.58. The number of benzene rings is 2. The van der Waals surface area contributed by atoms with Gasteiger partial charge in [-0.3, -0.25) is 28.8 Å². The Morgan fingerprint density at radius 3 is 1.33 bits per heavy atom. The highest BCUT2D eigenvalue weighted by Crippen LogP contribution is 2.43. The van der Waals surface area contributed by atoms with Gasteiger partial charge in [0.2, 0.25) is 35.4 Å². The minimum absolute atomic E-state index is 0.0717. The number of amides is 6. The molecule has 1 unspecified atom stereocenters. The Balaban J connectivity index is 0.941. The number of likely N-dealkylation sites (N-methyl/N-ethyl adjacent to an activating group) is 2. The Morgan fingerprint density at radius 1 is 0.561 bits per heavy atom. The number of nitrogens with zero attached hydrogens (tertiary/aromatic N) is 2. The third-order valence-electron chi connectivity index (χ3n) is 15.4. The van der Waals surface area contributed by atoms with Gasteiger partial charge in [-0.2, -0.15) is 0 Å². The van der Waals surface area contributed by atoms with E-state index in [2.05, 4.69) is 56.2 Å². The maximum Gasteiger partial charge on any atom is 0.246 e. The smallest absolute Gasteiger partial charge is 0.246 e. The van der Waals surface area contributed by atoms with Gasteiger partial charge in [0, 0.05) is 39.5 Å². The normalized spacial score (nSPS) is 25.0. The Kier molecular flexibility index (Phi) is 15.4. The van der Waals surface area contributed by atoms with Crippen LogP contribution in [0.3, 0.4) is 0 Å². The molecular formula is C50H70N8O8. The maximum atomic E-state index is 14.3. The molecule has 0 bridgehead atoms. The molecule has 4 heterocycles. The van der Waals surface area contributed by atoms with Crippen LogP contribution in [0.25, 0.3) is 11.1 Å². The summed E-state index contributed by atoms with van der Waals surface area (Å²) in [5.41, 5.74) is 6.79. The van der Waals surface area contributed by atoms with Crippen LogP contribution >= 0.6 is 0 Å². The van der Waals surface area contributed by atoms with Crippen LogP contribution in [0.2, 0.25) is 0 Å². The third kappa shape index (κ3) is 10.0. The zero-order valence-electron chi connectivity index (χ0n) is 39.1. The number of ether oxygens (including phenoxy) is 2. The van der Waals surface area contributed by atoms with E-state index >= 15 is 0 Å². The van der Waals surface area contributed by atoms with Crippen molar-refractivity contribution in [1.82, 2.24) is 41.7 Å². The van der Waals surface area contributed by atoms with Crippen molar-refractivity contribution in [3.05, 3.63) is 58.7 Å². The van der Waals surface area contributed by atoms with E-state index in [1.54, 1.807) is 37.7 Å². The first-order valence-electron chi connectivity index (χ1n) is 24.5. The highest BCUT2D eigenvalue weighted by Gasteiger charge is 2.44. The average molecular weight is 911 g/mol. The molecule has 2 aromatic rings. The Hall–Kier alpha value is -4.90. The van der Waals surface area contributed by atoms with Crippen molar-refractivity contribution in [1.29, 1.82) is 0 Å². The van der Waals surface area contributed by atoms with Crippen LogP contribution < -0.4 is 31.9 Å². The summed E-state index contributed by atoms with van der Waals surface area (Å²) < 4.78 is 11.2. The van der Waals surface area contributed by atoms with Gasteiger partial charge in [0.25, 0.3) is 0 Å². The number of rotatable bonds is 15. The number of carbonyl (C=O) groups excluding carboxylic acids is 6. The van der Waals surface area contributed by atoms with Crippen LogP contribution in [0.15, 0.2) is 36.4 Å². The molecule has 4 saturated heterocycles. The van der Waals surface area contributed by atoms with Crippen LogP contribution in [0.5, 0.6) is 0 Å². The SMILES string of the molecule is CN[C@@H](C)C(=O)NC(C(=O)N1CCC[C@H]1C(=O)N[C@@H]1CCc2c(-c3cccc4c3CC[C@H]4NC(=O)[C@@H]3CCCN3C(=O)[C@@H](NC(=O)[C@H](C)NC)C3CCOCC3)cccc21)C1CCOCC1. The van der Waals surface area contributed by atoms with Crippen molar-refractivity contribution in [2.75, 3.05) is 53.6 Å². The number of hydrogen-bond acceptors (Lipinski definition) is 10. The highest BCUT2D eigenvalue weighted by atomic mass is 16.5. The number of likely N-dealkylation sites (tertiary alicyclic amines) is 2. The maximum absolute atomic E-state index is 14.3. The van der Waals surface area contributed by atoms with E-state index < -0.39 is 36.3 Å². The van der Waals surface area contributed by atoms with E-state index in [1.165, 1.54) is 11.1 Å². The fourth-order valence-electron chi connectivity index (χ4n) is 11.3. The van der Waals surface area contributed by atoms with Crippen molar-refractivity contribution >= 4 is 35.4 Å². The lowest BCUT2D eigenvalue weighted by Gasteiger charge is -2.35. The van der Waals surface area contributed by atoms with Gasteiger partial charge in [-0.1, -0.05) is 36.4 Å². The molecule has 8 atom stereocenters. The van der Waals surface area contributed by atoms with Gasteiger partial charge in [0.15, 0.2) is 0 Å². The summed E-state index contributed by atoms with van der Waals surface area (Å²) in [5, 5.41) is 18.6. The van der Waals surface area contributed by atoms with E-state index in [9.17, 15) is 28.8 Å². The summed E-state index contributed by atoms with van der Waals surface area (Å²) >= 11 is 0. The summed E-state index contributed by atoms with van der Waals surface area (Å²) in [6, 6.07) is 8.53. The van der Waals surface area contributed by atoms with E-state index in [0.717, 1.165) is 47.9 Å². The first-order chi connectivity index (χ1) is 32.0. The molecule has 4 aliphatic heterocycles. The van der Waals surface area contributed by atoms with Gasteiger partial charge < -0.3 is 51.2 Å². The molecule has 16 heteroatoms. The van der Waals surface area contributed by atoms with Crippen molar-refractivity contribution in [3.8, 4) is 11.1 Å². The quantitative estimate of drug-likeness (QED) is 0.155. The molecule has 66 heavy (non-hydrogen) atoms. The molecule has 6 aliphatic rings.